The molecular formula is C60H95N11O10S2. The number of nitrogens with one attached hydrogen (secondary N) is 8. The molecule has 83 heavy (non-hydrogen) atoms. The molecule has 0 spiro atoms. The number of thiocarbonyl (C=S) groups is 1. The van der Waals surface area contributed by atoms with Crippen molar-refractivity contribution in [1.82, 2.24) is 47.1 Å². The zero-order valence-electron chi connectivity index (χ0n) is 52.4. The van der Waals surface area contributed by atoms with Gasteiger partial charge in [0.1, 0.15) is 57.5 Å². The van der Waals surface area contributed by atoms with Crippen molar-refractivity contribution in [1.29, 1.82) is 0 Å². The van der Waals surface area contributed by atoms with E-state index in [1.165, 1.54) is 23.8 Å². The summed E-state index contributed by atoms with van der Waals surface area (Å²) in [4.78, 5) is 126. The van der Waals surface area contributed by atoms with E-state index in [1.807, 2.05) is 93.5 Å². The lowest BCUT2D eigenvalue weighted by Gasteiger charge is -2.35. The highest BCUT2D eigenvalue weighted by atomic mass is 32.2. The monoisotopic (exact) mass is 1190 g/mol. The van der Waals surface area contributed by atoms with Crippen LogP contribution >= 0.6 is 24.0 Å². The van der Waals surface area contributed by atoms with Crippen molar-refractivity contribution in [3.05, 3.63) is 36.0 Å². The first kappa shape index (κ1) is 69.4. The number of likely N-dealkylation sites (tertiary alicyclic amines) is 1. The average Bonchev–Trinajstić information content (AvgIpc) is 4.38. The number of ether oxygens (including phenoxy) is 2. The number of benzene rings is 1. The second-order valence-corrected chi connectivity index (χ2v) is 27.0. The summed E-state index contributed by atoms with van der Waals surface area (Å²) in [5.74, 6) is -4.31. The predicted molar refractivity (Wildman–Crippen MR) is 331 cm³/mol. The molecule has 0 unspecified atom stereocenters. The van der Waals surface area contributed by atoms with Crippen LogP contribution in [0.2, 0.25) is 0 Å². The Kier molecular flexibility index (Phi) is 24.4. The molecule has 2 aromatic rings. The maximum Gasteiger partial charge on any atom is 0.408 e. The summed E-state index contributed by atoms with van der Waals surface area (Å²) in [6.45, 7) is 32.8. The number of fused-ring (bicyclic) bond motifs is 1. The first-order valence-electron chi connectivity index (χ1n) is 29.1. The maximum atomic E-state index is 14.6. The van der Waals surface area contributed by atoms with Gasteiger partial charge in [-0.3, -0.25) is 38.8 Å². The zero-order chi connectivity index (χ0) is 62.7. The molecule has 2 aliphatic rings. The van der Waals surface area contributed by atoms with Gasteiger partial charge in [-0.2, -0.15) is 0 Å². The number of rotatable bonds is 26. The number of amides is 7. The van der Waals surface area contributed by atoms with E-state index >= 15 is 0 Å². The van der Waals surface area contributed by atoms with Crippen molar-refractivity contribution in [3.8, 4) is 0 Å². The van der Waals surface area contributed by atoms with Gasteiger partial charge in [0, 0.05) is 30.1 Å². The van der Waals surface area contributed by atoms with Crippen molar-refractivity contribution in [2.75, 3.05) is 13.7 Å². The Morgan fingerprint density at radius 3 is 2.01 bits per heavy atom. The highest BCUT2D eigenvalue weighted by molar-refractivity contribution is 8.27. The molecule has 1 saturated heterocycles. The first-order chi connectivity index (χ1) is 38.5. The summed E-state index contributed by atoms with van der Waals surface area (Å²) in [5.41, 5.74) is -2.85. The molecule has 0 saturated carbocycles. The number of esters is 1. The first-order valence-corrected chi connectivity index (χ1v) is 30.3. The zero-order valence-corrected chi connectivity index (χ0v) is 54.1. The number of aromatic amines is 1. The number of aromatic nitrogens is 1. The third kappa shape index (κ3) is 18.9. The summed E-state index contributed by atoms with van der Waals surface area (Å²) < 4.78 is 10.5. The number of hydrogen-bond acceptors (Lipinski definition) is 14. The molecule has 462 valence electrons. The quantitative estimate of drug-likeness (QED) is 0.0356. The Bertz CT molecular complexity index is 2750. The lowest BCUT2D eigenvalue weighted by molar-refractivity contribution is -0.153. The molecule has 21 nitrogen and oxygen atoms in total. The number of thioether (sulfide) groups is 1. The van der Waals surface area contributed by atoms with Crippen molar-refractivity contribution in [2.24, 2.45) is 33.7 Å². The van der Waals surface area contributed by atoms with Gasteiger partial charge in [0.2, 0.25) is 35.4 Å². The van der Waals surface area contributed by atoms with Crippen molar-refractivity contribution < 1.29 is 47.8 Å². The molecule has 2 aliphatic heterocycles. The minimum absolute atomic E-state index is 0.0315. The van der Waals surface area contributed by atoms with Crippen LogP contribution in [0.15, 0.2) is 40.4 Å². The number of para-hydroxylation sites is 1. The number of nitrogens with zero attached hydrogens (tertiary/aromatic N) is 3. The smallest absolute Gasteiger partial charge is 0.408 e. The number of carbonyl (C=O) groups is 8. The van der Waals surface area contributed by atoms with Gasteiger partial charge in [0.05, 0.1) is 29.2 Å². The van der Waals surface area contributed by atoms with Gasteiger partial charge < -0.3 is 56.6 Å². The Morgan fingerprint density at radius 2 is 1.42 bits per heavy atom. The highest BCUT2D eigenvalue weighted by Crippen LogP contribution is 2.34. The normalized spacial score (nSPS) is 18.9. The van der Waals surface area contributed by atoms with Gasteiger partial charge in [0.25, 0.3) is 0 Å². The van der Waals surface area contributed by atoms with Crippen LogP contribution in [0.4, 0.5) is 4.79 Å². The van der Waals surface area contributed by atoms with Crippen LogP contribution in [0.25, 0.3) is 10.9 Å². The van der Waals surface area contributed by atoms with E-state index < -0.39 is 112 Å². The molecule has 23 heteroatoms. The average molecular weight is 1190 g/mol. The summed E-state index contributed by atoms with van der Waals surface area (Å²) in [7, 11) is 1.27. The Hall–Kier alpha value is -6.10. The number of methoxy groups -OCH3 is 1. The van der Waals surface area contributed by atoms with Crippen LogP contribution in [0.3, 0.4) is 0 Å². The predicted octanol–water partition coefficient (Wildman–Crippen LogP) is 6.80. The fourth-order valence-electron chi connectivity index (χ4n) is 9.69. The molecule has 8 N–H and O–H groups in total. The molecule has 0 radical (unpaired) electrons. The van der Waals surface area contributed by atoms with Crippen molar-refractivity contribution in [3.63, 3.8) is 0 Å². The molecule has 9 atom stereocenters. The third-order valence-corrected chi connectivity index (χ3v) is 16.8. The van der Waals surface area contributed by atoms with E-state index in [4.69, 9.17) is 31.7 Å². The lowest BCUT2D eigenvalue weighted by Crippen LogP contribution is -2.64. The molecule has 1 aromatic heterocycles. The van der Waals surface area contributed by atoms with Gasteiger partial charge in [-0.05, 0) is 124 Å². The lowest BCUT2D eigenvalue weighted by atomic mass is 9.95. The molecule has 7 amide bonds. The molecule has 0 bridgehead atoms. The summed E-state index contributed by atoms with van der Waals surface area (Å²) in [6, 6.07) is 1.50. The highest BCUT2D eigenvalue weighted by Gasteiger charge is 2.44. The standard InChI is InChI=1S/C60H95N11O10S2/c1-20-34(7)44(66-46(72)41(64-56(79)81-57(10,11)12)30-37-31-61-39-26-23-22-25-38(37)39)48(74)62-36(9)51-70-59(15,16)54(83-51)67-45(35(8)21-2)49(75)65-43(33(5)6)50(82)69-58(13,14)53(77)63-40(29-32(3)4)47(73)68-60(17,18)55(78)71-28-24-27-42(71)52(76)80-19/h22-23,25-26,31-36,40-45,61H,20-21,24,27-30H2,1-19H3,(H,62,74)(H,63,77)(H,64,79)(H,65,75)(H,66,72)(H,68,73)(H,69,82)/t34-,35-,36-,40-,41-,42-,43-,44-,45-/m0/s1. The van der Waals surface area contributed by atoms with Crippen LogP contribution in [-0.4, -0.2) is 151 Å². The minimum atomic E-state index is -1.42. The summed E-state index contributed by atoms with van der Waals surface area (Å²) in [6.07, 6.45) is 3.62. The molecule has 1 fully saturated rings. The largest absolute Gasteiger partial charge is 0.467 e. The fraction of sp³-hybridized carbons (Fsp3) is 0.683. The van der Waals surface area contributed by atoms with E-state index in [9.17, 15) is 38.4 Å². The van der Waals surface area contributed by atoms with E-state index in [1.54, 1.807) is 61.6 Å². The number of carbonyl (C=O) groups excluding carboxylic acids is 8. The second kappa shape index (κ2) is 29.1. The van der Waals surface area contributed by atoms with E-state index in [0.29, 0.717) is 42.3 Å². The summed E-state index contributed by atoms with van der Waals surface area (Å²) >= 11 is 7.22. The van der Waals surface area contributed by atoms with E-state index in [0.717, 1.165) is 16.5 Å². The van der Waals surface area contributed by atoms with Crippen LogP contribution in [0.1, 0.15) is 162 Å². The van der Waals surface area contributed by atoms with Crippen LogP contribution in [0.5, 0.6) is 0 Å². The minimum Gasteiger partial charge on any atom is -0.467 e. The number of hydrogen-bond donors (Lipinski definition) is 8. The van der Waals surface area contributed by atoms with Gasteiger partial charge in [-0.25, -0.2) is 9.59 Å². The van der Waals surface area contributed by atoms with Crippen LogP contribution in [0, 0.1) is 23.7 Å². The topological polar surface area (TPSA) is 283 Å². The second-order valence-electron chi connectivity index (χ2n) is 25.5. The van der Waals surface area contributed by atoms with Gasteiger partial charge >= 0.3 is 12.1 Å². The van der Waals surface area contributed by atoms with Crippen LogP contribution in [-0.2, 0) is 49.5 Å². The van der Waals surface area contributed by atoms with E-state index in [-0.39, 0.29) is 41.5 Å². The van der Waals surface area contributed by atoms with Crippen molar-refractivity contribution in [2.45, 2.75) is 228 Å². The molecular weight excluding hydrogens is 1100 g/mol. The van der Waals surface area contributed by atoms with Gasteiger partial charge in [0.15, 0.2) is 0 Å². The molecule has 4 rings (SSSR count). The Labute approximate surface area is 501 Å². The Morgan fingerprint density at radius 1 is 0.795 bits per heavy atom. The SMILES string of the molecule is CC[C@H](C)[C@H](N=C1SC([C@H](C)NC(=O)[C@@H](NC(=O)[C@H](Cc2c[nH]c3ccccc23)NC(=O)OC(C)(C)C)[C@@H](C)CC)=NC1(C)C)C(=O)N[C@H](C(=S)NC(C)(C)C(=O)N[C@@H](CC(C)C)C(=O)NC(C)(C)C(=O)N1CCC[C@H]1C(=O)OC)C(C)C. The Balaban J connectivity index is 1.48. The fourth-order valence-corrected chi connectivity index (χ4v) is 11.4. The molecule has 1 aromatic carbocycles. The maximum absolute atomic E-state index is 14.6. The molecule has 0 aliphatic carbocycles. The number of H-pyrrole nitrogens is 1. The summed E-state index contributed by atoms with van der Waals surface area (Å²) in [5, 5.41) is 22.7. The number of aliphatic imine (C=N–C) groups is 2. The van der Waals surface area contributed by atoms with Gasteiger partial charge in [-0.15, -0.1) is 0 Å². The number of alkyl carbamates (subject to hydrolysis) is 1. The van der Waals surface area contributed by atoms with Gasteiger partial charge in [-0.1, -0.05) is 110 Å². The third-order valence-electron chi connectivity index (χ3n) is 15.0. The van der Waals surface area contributed by atoms with Crippen LogP contribution < -0.4 is 37.2 Å². The van der Waals surface area contributed by atoms with Crippen molar-refractivity contribution >= 4 is 97.5 Å². The molecule has 3 heterocycles. The van der Waals surface area contributed by atoms with E-state index in [2.05, 4.69) is 42.2 Å².